The maximum Gasteiger partial charge on any atom is 0.419 e. The highest BCUT2D eigenvalue weighted by Gasteiger charge is 2.33. The Bertz CT molecular complexity index is 1410. The van der Waals surface area contributed by atoms with Crippen LogP contribution in [0.1, 0.15) is 42.7 Å². The van der Waals surface area contributed by atoms with Crippen LogP contribution >= 0.6 is 0 Å². The summed E-state index contributed by atoms with van der Waals surface area (Å²) in [6.07, 6.45) is 1.36. The monoisotopic (exact) mass is 475 g/mol. The van der Waals surface area contributed by atoms with Gasteiger partial charge in [0.15, 0.2) is 9.84 Å². The molecular formula is C28H29NO4S. The summed E-state index contributed by atoms with van der Waals surface area (Å²) in [4.78, 5) is 13.3. The maximum atomic E-state index is 14.0. The lowest BCUT2D eigenvalue weighted by atomic mass is 10.0. The van der Waals surface area contributed by atoms with Gasteiger partial charge in [-0.05, 0) is 63.4 Å². The second-order valence-corrected chi connectivity index (χ2v) is 11.6. The lowest BCUT2D eigenvalue weighted by Crippen LogP contribution is -2.26. The molecule has 0 spiro atoms. The Balaban J connectivity index is 1.90. The lowest BCUT2D eigenvalue weighted by Gasteiger charge is -2.20. The number of nitrogens with zero attached hydrogens (tertiary/aromatic N) is 1. The van der Waals surface area contributed by atoms with E-state index >= 15 is 0 Å². The summed E-state index contributed by atoms with van der Waals surface area (Å²) in [6, 6.07) is 23.8. The molecule has 0 amide bonds. The zero-order valence-corrected chi connectivity index (χ0v) is 20.7. The van der Waals surface area contributed by atoms with Gasteiger partial charge >= 0.3 is 6.09 Å². The van der Waals surface area contributed by atoms with Gasteiger partial charge in [-0.1, -0.05) is 66.2 Å². The normalized spacial score (nSPS) is 13.1. The first-order valence-electron chi connectivity index (χ1n) is 11.2. The zero-order valence-electron chi connectivity index (χ0n) is 19.9. The van der Waals surface area contributed by atoms with Crippen molar-refractivity contribution in [2.24, 2.45) is 0 Å². The van der Waals surface area contributed by atoms with Crippen LogP contribution in [0.25, 0.3) is 10.9 Å². The van der Waals surface area contributed by atoms with E-state index in [0.29, 0.717) is 16.5 Å². The first-order chi connectivity index (χ1) is 16.1. The molecule has 0 aliphatic rings. The van der Waals surface area contributed by atoms with Gasteiger partial charge < -0.3 is 4.74 Å². The highest BCUT2D eigenvalue weighted by Crippen LogP contribution is 2.37. The van der Waals surface area contributed by atoms with Gasteiger partial charge in [0.1, 0.15) is 5.60 Å². The first kappa shape index (κ1) is 23.8. The van der Waals surface area contributed by atoms with E-state index < -0.39 is 26.8 Å². The Morgan fingerprint density at radius 2 is 1.53 bits per heavy atom. The number of aryl methyl sites for hydroxylation is 1. The fourth-order valence-corrected chi connectivity index (χ4v) is 5.81. The Morgan fingerprint density at radius 3 is 2.18 bits per heavy atom. The summed E-state index contributed by atoms with van der Waals surface area (Å²) in [5.41, 5.74) is 2.40. The average Bonchev–Trinajstić information content (AvgIpc) is 3.17. The average molecular weight is 476 g/mol. The van der Waals surface area contributed by atoms with E-state index in [2.05, 4.69) is 0 Å². The molecule has 0 fully saturated rings. The Kier molecular flexibility index (Phi) is 6.36. The molecule has 6 heteroatoms. The second-order valence-electron chi connectivity index (χ2n) is 9.49. The second kappa shape index (κ2) is 9.11. The van der Waals surface area contributed by atoms with Crippen LogP contribution in [0.2, 0.25) is 0 Å². The van der Waals surface area contributed by atoms with Crippen LogP contribution in [0.15, 0.2) is 90.0 Å². The maximum absolute atomic E-state index is 14.0. The number of carbonyl (C=O) groups excluding carboxylic acids is 1. The third kappa shape index (κ3) is 4.92. The number of para-hydroxylation sites is 1. The van der Waals surface area contributed by atoms with Crippen molar-refractivity contribution < 1.29 is 17.9 Å². The number of fused-ring (bicyclic) bond motifs is 1. The van der Waals surface area contributed by atoms with Gasteiger partial charge in [-0.25, -0.2) is 13.2 Å². The van der Waals surface area contributed by atoms with E-state index in [1.54, 1.807) is 57.3 Å². The molecule has 34 heavy (non-hydrogen) atoms. The van der Waals surface area contributed by atoms with Crippen LogP contribution in [0, 0.1) is 6.92 Å². The molecule has 4 aromatic rings. The molecule has 0 saturated heterocycles. The molecule has 0 aliphatic carbocycles. The van der Waals surface area contributed by atoms with Gasteiger partial charge in [0, 0.05) is 11.6 Å². The molecule has 176 valence electrons. The summed E-state index contributed by atoms with van der Waals surface area (Å²) in [7, 11) is -3.77. The number of hydrogen-bond acceptors (Lipinski definition) is 4. The molecule has 0 saturated carbocycles. The van der Waals surface area contributed by atoms with Crippen LogP contribution in [0.5, 0.6) is 0 Å². The Labute approximate surface area is 200 Å². The first-order valence-corrected chi connectivity index (χ1v) is 12.8. The number of aromatic nitrogens is 1. The SMILES string of the molecule is Cc1ccc(S(=O)(=O)C(Cc2ccccc2)c2cn(C(=O)OC(C)(C)C)c3ccccc23)cc1. The Hall–Kier alpha value is -3.38. The van der Waals surface area contributed by atoms with Gasteiger partial charge in [0.2, 0.25) is 0 Å². The summed E-state index contributed by atoms with van der Waals surface area (Å²) in [6.45, 7) is 7.33. The highest BCUT2D eigenvalue weighted by molar-refractivity contribution is 7.91. The smallest absolute Gasteiger partial charge is 0.419 e. The summed E-state index contributed by atoms with van der Waals surface area (Å²) in [5.74, 6) is 0. The van der Waals surface area contributed by atoms with Crippen LogP contribution in [-0.2, 0) is 21.0 Å². The quantitative estimate of drug-likeness (QED) is 0.331. The van der Waals surface area contributed by atoms with Crippen molar-refractivity contribution in [3.05, 3.63) is 102 Å². The molecule has 5 nitrogen and oxygen atoms in total. The van der Waals surface area contributed by atoms with Crippen molar-refractivity contribution in [3.8, 4) is 0 Å². The van der Waals surface area contributed by atoms with Gasteiger partial charge in [0.25, 0.3) is 0 Å². The lowest BCUT2D eigenvalue weighted by molar-refractivity contribution is 0.0544. The molecule has 0 N–H and O–H groups in total. The number of hydrogen-bond donors (Lipinski definition) is 0. The third-order valence-corrected chi connectivity index (χ3v) is 7.77. The summed E-state index contributed by atoms with van der Waals surface area (Å²) < 4.78 is 35.0. The fraction of sp³-hybridized carbons (Fsp3) is 0.250. The molecule has 0 radical (unpaired) electrons. The minimum atomic E-state index is -3.77. The van der Waals surface area contributed by atoms with Gasteiger partial charge in [-0.15, -0.1) is 0 Å². The van der Waals surface area contributed by atoms with E-state index in [1.807, 2.05) is 55.5 Å². The Morgan fingerprint density at radius 1 is 0.912 bits per heavy atom. The van der Waals surface area contributed by atoms with Crippen LogP contribution in [0.3, 0.4) is 0 Å². The molecule has 1 aromatic heterocycles. The van der Waals surface area contributed by atoms with E-state index in [4.69, 9.17) is 4.74 Å². The number of carbonyl (C=O) groups is 1. The minimum Gasteiger partial charge on any atom is -0.443 e. The molecule has 0 aliphatic heterocycles. The standard InChI is InChI=1S/C28H29NO4S/c1-20-14-16-22(17-15-20)34(31,32)26(18-21-10-6-5-7-11-21)24-19-29(27(30)33-28(2,3)4)25-13-9-8-12-23(24)25/h5-17,19,26H,18H2,1-4H3. The molecule has 1 unspecified atom stereocenters. The van der Waals surface area contributed by atoms with Crippen LogP contribution < -0.4 is 0 Å². The largest absolute Gasteiger partial charge is 0.443 e. The van der Waals surface area contributed by atoms with Crippen molar-refractivity contribution in [2.45, 2.75) is 49.9 Å². The predicted octanol–water partition coefficient (Wildman–Crippen LogP) is 6.49. The number of benzene rings is 3. The summed E-state index contributed by atoms with van der Waals surface area (Å²) >= 11 is 0. The van der Waals surface area contributed by atoms with E-state index in [1.165, 1.54) is 4.57 Å². The van der Waals surface area contributed by atoms with E-state index in [9.17, 15) is 13.2 Å². The van der Waals surface area contributed by atoms with Crippen LogP contribution in [-0.4, -0.2) is 24.7 Å². The molecular weight excluding hydrogens is 446 g/mol. The van der Waals surface area contributed by atoms with Crippen molar-refractivity contribution >= 4 is 26.8 Å². The van der Waals surface area contributed by atoms with Gasteiger partial charge in [-0.2, -0.15) is 0 Å². The van der Waals surface area contributed by atoms with Gasteiger partial charge in [0.05, 0.1) is 15.7 Å². The number of sulfone groups is 1. The van der Waals surface area contributed by atoms with Crippen molar-refractivity contribution in [1.29, 1.82) is 0 Å². The predicted molar refractivity (Wildman–Crippen MR) is 135 cm³/mol. The van der Waals surface area contributed by atoms with E-state index in [0.717, 1.165) is 11.1 Å². The van der Waals surface area contributed by atoms with E-state index in [-0.39, 0.29) is 11.3 Å². The van der Waals surface area contributed by atoms with Gasteiger partial charge in [-0.3, -0.25) is 4.57 Å². The minimum absolute atomic E-state index is 0.258. The highest BCUT2D eigenvalue weighted by atomic mass is 32.2. The third-order valence-electron chi connectivity index (χ3n) is 5.67. The molecule has 1 atom stereocenters. The van der Waals surface area contributed by atoms with Crippen molar-refractivity contribution in [2.75, 3.05) is 0 Å². The zero-order chi connectivity index (χ0) is 24.5. The summed E-state index contributed by atoms with van der Waals surface area (Å²) in [5, 5.41) is -0.170. The number of ether oxygens (including phenoxy) is 1. The van der Waals surface area contributed by atoms with Crippen molar-refractivity contribution in [1.82, 2.24) is 4.57 Å². The molecule has 4 rings (SSSR count). The topological polar surface area (TPSA) is 65.4 Å². The molecule has 3 aromatic carbocycles. The molecule has 1 heterocycles. The van der Waals surface area contributed by atoms with Crippen molar-refractivity contribution in [3.63, 3.8) is 0 Å². The fourth-order valence-electron chi connectivity index (χ4n) is 4.03. The van der Waals surface area contributed by atoms with Crippen LogP contribution in [0.4, 0.5) is 4.79 Å². The molecule has 0 bridgehead atoms. The number of rotatable bonds is 5.